The maximum absolute atomic E-state index is 12.6. The molecule has 0 aliphatic heterocycles. The van der Waals surface area contributed by atoms with Crippen molar-refractivity contribution in [3.05, 3.63) is 83.6 Å². The van der Waals surface area contributed by atoms with Gasteiger partial charge in [0, 0.05) is 25.9 Å². The van der Waals surface area contributed by atoms with Gasteiger partial charge in [0.1, 0.15) is 18.1 Å². The smallest absolute Gasteiger partial charge is 0.412 e. The second kappa shape index (κ2) is 10.2. The van der Waals surface area contributed by atoms with Crippen LogP contribution >= 0.6 is 0 Å². The number of aliphatic carboxylic acids is 1. The van der Waals surface area contributed by atoms with Gasteiger partial charge in [-0.2, -0.15) is 0 Å². The predicted octanol–water partition coefficient (Wildman–Crippen LogP) is 4.38. The van der Waals surface area contributed by atoms with Crippen LogP contribution in [0.3, 0.4) is 0 Å². The van der Waals surface area contributed by atoms with Crippen molar-refractivity contribution < 1.29 is 24.2 Å². The maximum atomic E-state index is 12.6. The summed E-state index contributed by atoms with van der Waals surface area (Å²) in [6.07, 6.45) is -0.335. The van der Waals surface area contributed by atoms with Crippen LogP contribution in [0.1, 0.15) is 40.4 Å². The summed E-state index contributed by atoms with van der Waals surface area (Å²) < 4.78 is 5.53. The van der Waals surface area contributed by atoms with E-state index in [0.717, 1.165) is 22.3 Å². The number of amides is 2. The van der Waals surface area contributed by atoms with Gasteiger partial charge >= 0.3 is 12.1 Å². The number of pyridine rings is 1. The molecule has 0 bridgehead atoms. The third kappa shape index (κ3) is 5.06. The molecule has 8 heteroatoms. The van der Waals surface area contributed by atoms with Gasteiger partial charge < -0.3 is 14.7 Å². The van der Waals surface area contributed by atoms with E-state index in [1.54, 1.807) is 25.2 Å². The Kier molecular flexibility index (Phi) is 6.87. The molecular weight excluding hydrogens is 434 g/mol. The molecule has 0 saturated carbocycles. The van der Waals surface area contributed by atoms with E-state index in [0.29, 0.717) is 6.42 Å². The van der Waals surface area contributed by atoms with E-state index in [-0.39, 0.29) is 42.9 Å². The van der Waals surface area contributed by atoms with E-state index in [2.05, 4.69) is 22.4 Å². The number of nitrogens with one attached hydrogen (secondary N) is 1. The molecule has 0 spiro atoms. The number of hydrogen-bond acceptors (Lipinski definition) is 5. The van der Waals surface area contributed by atoms with E-state index in [4.69, 9.17) is 9.84 Å². The summed E-state index contributed by atoms with van der Waals surface area (Å²) >= 11 is 0. The molecule has 0 saturated heterocycles. The summed E-state index contributed by atoms with van der Waals surface area (Å²) in [6, 6.07) is 20.9. The number of hydrogen-bond donors (Lipinski definition) is 2. The fraction of sp³-hybridized carbons (Fsp3) is 0.231. The largest absolute Gasteiger partial charge is 0.481 e. The zero-order valence-electron chi connectivity index (χ0n) is 18.7. The predicted molar refractivity (Wildman–Crippen MR) is 127 cm³/mol. The van der Waals surface area contributed by atoms with Crippen molar-refractivity contribution in [3.8, 4) is 11.1 Å². The molecule has 0 atom stereocenters. The van der Waals surface area contributed by atoms with Crippen LogP contribution < -0.4 is 5.32 Å². The van der Waals surface area contributed by atoms with Gasteiger partial charge in [-0.25, -0.2) is 9.78 Å². The molecule has 0 radical (unpaired) electrons. The molecule has 2 N–H and O–H groups in total. The number of carbonyl (C=O) groups excluding carboxylic acids is 2. The molecule has 1 aromatic heterocycles. The summed E-state index contributed by atoms with van der Waals surface area (Å²) in [5.74, 6) is -1.13. The van der Waals surface area contributed by atoms with Crippen LogP contribution in [0.2, 0.25) is 0 Å². The molecule has 1 aliphatic rings. The van der Waals surface area contributed by atoms with Crippen molar-refractivity contribution in [2.45, 2.75) is 18.8 Å². The number of anilines is 1. The van der Waals surface area contributed by atoms with Gasteiger partial charge in [0.25, 0.3) is 5.91 Å². The summed E-state index contributed by atoms with van der Waals surface area (Å²) in [5.41, 5.74) is 4.68. The Morgan fingerprint density at radius 2 is 1.62 bits per heavy atom. The summed E-state index contributed by atoms with van der Waals surface area (Å²) in [5, 5.41) is 11.3. The van der Waals surface area contributed by atoms with Crippen LogP contribution in [0.15, 0.2) is 66.7 Å². The van der Waals surface area contributed by atoms with E-state index >= 15 is 0 Å². The Morgan fingerprint density at radius 3 is 2.26 bits per heavy atom. The third-order valence-corrected chi connectivity index (χ3v) is 5.77. The van der Waals surface area contributed by atoms with E-state index < -0.39 is 12.1 Å². The number of carboxylic acid groups (broad SMARTS) is 1. The average molecular weight is 460 g/mol. The first-order valence-corrected chi connectivity index (χ1v) is 11.0. The topological polar surface area (TPSA) is 109 Å². The monoisotopic (exact) mass is 459 g/mol. The van der Waals surface area contributed by atoms with Crippen LogP contribution in [0.25, 0.3) is 11.1 Å². The van der Waals surface area contributed by atoms with Gasteiger partial charge in [-0.1, -0.05) is 54.6 Å². The molecule has 34 heavy (non-hydrogen) atoms. The van der Waals surface area contributed by atoms with Crippen molar-refractivity contribution >= 4 is 23.8 Å². The van der Waals surface area contributed by atoms with E-state index in [9.17, 15) is 14.4 Å². The Bertz CT molecular complexity index is 1180. The lowest BCUT2D eigenvalue weighted by Crippen LogP contribution is -2.29. The van der Waals surface area contributed by atoms with E-state index in [1.807, 2.05) is 36.4 Å². The fourth-order valence-corrected chi connectivity index (χ4v) is 4.13. The summed E-state index contributed by atoms with van der Waals surface area (Å²) in [7, 11) is 1.58. The Labute approximate surface area is 197 Å². The highest BCUT2D eigenvalue weighted by Gasteiger charge is 2.29. The van der Waals surface area contributed by atoms with Crippen molar-refractivity contribution in [1.29, 1.82) is 0 Å². The van der Waals surface area contributed by atoms with Crippen LogP contribution in [-0.2, 0) is 9.53 Å². The fourth-order valence-electron chi connectivity index (χ4n) is 4.13. The molecule has 4 rings (SSSR count). The minimum atomic E-state index is -0.909. The second-order valence-corrected chi connectivity index (χ2v) is 8.08. The number of rotatable bonds is 8. The lowest BCUT2D eigenvalue weighted by Gasteiger charge is -2.17. The maximum Gasteiger partial charge on any atom is 0.412 e. The lowest BCUT2D eigenvalue weighted by molar-refractivity contribution is -0.137. The van der Waals surface area contributed by atoms with E-state index in [1.165, 1.54) is 4.90 Å². The van der Waals surface area contributed by atoms with Crippen molar-refractivity contribution in [1.82, 2.24) is 9.88 Å². The van der Waals surface area contributed by atoms with Gasteiger partial charge in [0.15, 0.2) is 0 Å². The summed E-state index contributed by atoms with van der Waals surface area (Å²) in [4.78, 5) is 41.3. The lowest BCUT2D eigenvalue weighted by atomic mass is 9.98. The number of benzene rings is 2. The zero-order valence-corrected chi connectivity index (χ0v) is 18.7. The van der Waals surface area contributed by atoms with Gasteiger partial charge in [-0.3, -0.25) is 14.9 Å². The second-order valence-electron chi connectivity index (χ2n) is 8.08. The zero-order chi connectivity index (χ0) is 24.1. The Morgan fingerprint density at radius 1 is 0.971 bits per heavy atom. The van der Waals surface area contributed by atoms with Crippen LogP contribution in [0.5, 0.6) is 0 Å². The number of aromatic nitrogens is 1. The molecule has 174 valence electrons. The standard InChI is InChI=1S/C26H25N3O5/c1-29(15-7-14-24(30)31)25(32)22-12-6-13-23(27-22)28-26(33)34-16-21-19-10-4-2-8-17(19)18-9-3-5-11-20(18)21/h2-6,8-13,21H,7,14-16H2,1H3,(H,30,31)(H,27,28,33). The first kappa shape index (κ1) is 23.0. The van der Waals surface area contributed by atoms with Gasteiger partial charge in [0.05, 0.1) is 0 Å². The highest BCUT2D eigenvalue weighted by atomic mass is 16.5. The summed E-state index contributed by atoms with van der Waals surface area (Å²) in [6.45, 7) is 0.460. The quantitative estimate of drug-likeness (QED) is 0.518. The van der Waals surface area contributed by atoms with Crippen LogP contribution in [-0.4, -0.2) is 53.2 Å². The van der Waals surface area contributed by atoms with Crippen molar-refractivity contribution in [2.75, 3.05) is 25.5 Å². The molecule has 1 heterocycles. The Balaban J connectivity index is 1.37. The number of fused-ring (bicyclic) bond motifs is 3. The van der Waals surface area contributed by atoms with Gasteiger partial charge in [-0.15, -0.1) is 0 Å². The number of nitrogens with zero attached hydrogens (tertiary/aromatic N) is 2. The number of carboxylic acids is 1. The number of carbonyl (C=O) groups is 3. The van der Waals surface area contributed by atoms with Crippen molar-refractivity contribution in [2.24, 2.45) is 0 Å². The van der Waals surface area contributed by atoms with Crippen molar-refractivity contribution in [3.63, 3.8) is 0 Å². The SMILES string of the molecule is CN(CCCC(=O)O)C(=O)c1cccc(NC(=O)OCC2c3ccccc3-c3ccccc32)n1. The highest BCUT2D eigenvalue weighted by molar-refractivity contribution is 5.93. The molecule has 2 amide bonds. The third-order valence-electron chi connectivity index (χ3n) is 5.77. The highest BCUT2D eigenvalue weighted by Crippen LogP contribution is 2.44. The average Bonchev–Trinajstić information content (AvgIpc) is 3.16. The number of ether oxygens (including phenoxy) is 1. The molecule has 8 nitrogen and oxygen atoms in total. The minimum absolute atomic E-state index is 0.0194. The minimum Gasteiger partial charge on any atom is -0.481 e. The molecule has 2 aromatic carbocycles. The van der Waals surface area contributed by atoms with Gasteiger partial charge in [0.2, 0.25) is 0 Å². The van der Waals surface area contributed by atoms with Crippen LogP contribution in [0.4, 0.5) is 10.6 Å². The molecule has 1 aliphatic carbocycles. The first-order chi connectivity index (χ1) is 16.4. The molecule has 3 aromatic rings. The normalized spacial score (nSPS) is 11.9. The molecular formula is C26H25N3O5. The Hall–Kier alpha value is -4.20. The van der Waals surface area contributed by atoms with Crippen LogP contribution in [0, 0.1) is 0 Å². The molecule has 0 unspecified atom stereocenters. The molecule has 0 fully saturated rings. The first-order valence-electron chi connectivity index (χ1n) is 11.0. The van der Waals surface area contributed by atoms with Gasteiger partial charge in [-0.05, 0) is 40.8 Å².